The molecule has 1 fully saturated rings. The molecule has 2 N–H and O–H groups in total. The van der Waals surface area contributed by atoms with Gasteiger partial charge in [0.1, 0.15) is 0 Å². The number of carbonyl (C=O) groups excluding carboxylic acids is 1. The third-order valence-electron chi connectivity index (χ3n) is 4.77. The highest BCUT2D eigenvalue weighted by molar-refractivity contribution is 5.87. The molecule has 0 aromatic heterocycles. The quantitative estimate of drug-likeness (QED) is 0.839. The first-order valence-electron chi connectivity index (χ1n) is 8.99. The smallest absolute Gasteiger partial charge is 0.335 e. The fourth-order valence-electron chi connectivity index (χ4n) is 3.28. The molecular formula is C21H24N2O3. The van der Waals surface area contributed by atoms with Gasteiger partial charge in [0.25, 0.3) is 0 Å². The van der Waals surface area contributed by atoms with Gasteiger partial charge in [0.05, 0.1) is 12.0 Å². The third-order valence-corrected chi connectivity index (χ3v) is 4.77. The molecule has 5 heteroatoms. The highest BCUT2D eigenvalue weighted by Crippen LogP contribution is 2.13. The number of carboxylic acids is 1. The van der Waals surface area contributed by atoms with Gasteiger partial charge in [-0.15, -0.1) is 0 Å². The molecule has 26 heavy (non-hydrogen) atoms. The maximum Gasteiger partial charge on any atom is 0.335 e. The van der Waals surface area contributed by atoms with E-state index >= 15 is 0 Å². The van der Waals surface area contributed by atoms with Crippen molar-refractivity contribution in [1.29, 1.82) is 0 Å². The van der Waals surface area contributed by atoms with Crippen LogP contribution in [0.25, 0.3) is 0 Å². The molecule has 1 amide bonds. The van der Waals surface area contributed by atoms with Crippen molar-refractivity contribution in [2.45, 2.75) is 31.8 Å². The first-order valence-corrected chi connectivity index (χ1v) is 8.99. The lowest BCUT2D eigenvalue weighted by Gasteiger charge is -2.33. The molecule has 0 saturated carbocycles. The van der Waals surface area contributed by atoms with Gasteiger partial charge in [0.2, 0.25) is 5.91 Å². The van der Waals surface area contributed by atoms with E-state index in [-0.39, 0.29) is 11.9 Å². The second-order valence-electron chi connectivity index (χ2n) is 6.72. The van der Waals surface area contributed by atoms with E-state index in [1.165, 1.54) is 0 Å². The van der Waals surface area contributed by atoms with Crippen molar-refractivity contribution < 1.29 is 14.7 Å². The van der Waals surface area contributed by atoms with E-state index in [0.717, 1.165) is 37.1 Å². The van der Waals surface area contributed by atoms with Gasteiger partial charge >= 0.3 is 5.97 Å². The summed E-state index contributed by atoms with van der Waals surface area (Å²) in [6, 6.07) is 17.0. The molecule has 0 radical (unpaired) electrons. The van der Waals surface area contributed by atoms with Crippen LogP contribution in [0, 0.1) is 0 Å². The zero-order valence-corrected chi connectivity index (χ0v) is 14.7. The van der Waals surface area contributed by atoms with Gasteiger partial charge in [-0.1, -0.05) is 42.5 Å². The number of nitrogens with zero attached hydrogens (tertiary/aromatic N) is 1. The summed E-state index contributed by atoms with van der Waals surface area (Å²) < 4.78 is 0. The number of amides is 1. The van der Waals surface area contributed by atoms with Crippen molar-refractivity contribution in [2.75, 3.05) is 13.1 Å². The fraction of sp³-hybridized carbons (Fsp3) is 0.333. The molecule has 1 aliphatic rings. The summed E-state index contributed by atoms with van der Waals surface area (Å²) in [7, 11) is 0. The SMILES string of the molecule is O=C(O)c1ccc(CNC2CCCN(C(=O)Cc3ccccc3)C2)cc1. The highest BCUT2D eigenvalue weighted by atomic mass is 16.4. The Balaban J connectivity index is 1.50. The predicted molar refractivity (Wildman–Crippen MR) is 100.0 cm³/mol. The minimum absolute atomic E-state index is 0.175. The molecule has 0 aliphatic carbocycles. The Bertz CT molecular complexity index is 744. The number of piperidine rings is 1. The van der Waals surface area contributed by atoms with Crippen LogP contribution in [0.3, 0.4) is 0 Å². The zero-order valence-electron chi connectivity index (χ0n) is 14.7. The number of aromatic carboxylic acids is 1. The zero-order chi connectivity index (χ0) is 18.4. The van der Waals surface area contributed by atoms with Crippen LogP contribution in [0.1, 0.15) is 34.3 Å². The van der Waals surface area contributed by atoms with Crippen molar-refractivity contribution in [3.05, 3.63) is 71.3 Å². The Hall–Kier alpha value is -2.66. The van der Waals surface area contributed by atoms with Crippen molar-refractivity contribution in [1.82, 2.24) is 10.2 Å². The van der Waals surface area contributed by atoms with Crippen molar-refractivity contribution in [3.63, 3.8) is 0 Å². The molecule has 0 bridgehead atoms. The molecule has 1 atom stereocenters. The van der Waals surface area contributed by atoms with E-state index in [4.69, 9.17) is 5.11 Å². The Kier molecular flexibility index (Phi) is 6.02. The van der Waals surface area contributed by atoms with Gasteiger partial charge in [0, 0.05) is 25.7 Å². The maximum atomic E-state index is 12.5. The number of hydrogen-bond acceptors (Lipinski definition) is 3. The number of benzene rings is 2. The van der Waals surface area contributed by atoms with Gasteiger partial charge in [-0.25, -0.2) is 4.79 Å². The normalized spacial score (nSPS) is 17.1. The van der Waals surface area contributed by atoms with Crippen molar-refractivity contribution >= 4 is 11.9 Å². The van der Waals surface area contributed by atoms with Crippen LogP contribution in [0.2, 0.25) is 0 Å². The second-order valence-corrected chi connectivity index (χ2v) is 6.72. The Labute approximate surface area is 153 Å². The summed E-state index contributed by atoms with van der Waals surface area (Å²) in [5, 5.41) is 12.4. The van der Waals surface area contributed by atoms with Crippen LogP contribution in [-0.4, -0.2) is 41.0 Å². The highest BCUT2D eigenvalue weighted by Gasteiger charge is 2.23. The van der Waals surface area contributed by atoms with Gasteiger partial charge in [0.15, 0.2) is 0 Å². The largest absolute Gasteiger partial charge is 0.478 e. The lowest BCUT2D eigenvalue weighted by Crippen LogP contribution is -2.48. The van der Waals surface area contributed by atoms with E-state index in [1.54, 1.807) is 12.1 Å². The van der Waals surface area contributed by atoms with E-state index in [9.17, 15) is 9.59 Å². The molecule has 1 unspecified atom stereocenters. The molecule has 1 saturated heterocycles. The third kappa shape index (κ3) is 4.92. The Morgan fingerprint density at radius 1 is 1.04 bits per heavy atom. The summed E-state index contributed by atoms with van der Waals surface area (Å²) in [4.78, 5) is 25.4. The number of carboxylic acid groups (broad SMARTS) is 1. The Morgan fingerprint density at radius 3 is 2.46 bits per heavy atom. The molecule has 1 aliphatic heterocycles. The van der Waals surface area contributed by atoms with Gasteiger partial charge in [-0.05, 0) is 36.1 Å². The number of rotatable bonds is 6. The fourth-order valence-corrected chi connectivity index (χ4v) is 3.28. The predicted octanol–water partition coefficient (Wildman–Crippen LogP) is 2.71. The van der Waals surface area contributed by atoms with Gasteiger partial charge < -0.3 is 15.3 Å². The van der Waals surface area contributed by atoms with Crippen molar-refractivity contribution in [3.8, 4) is 0 Å². The molecule has 5 nitrogen and oxygen atoms in total. The minimum Gasteiger partial charge on any atom is -0.478 e. The summed E-state index contributed by atoms with van der Waals surface area (Å²) >= 11 is 0. The van der Waals surface area contributed by atoms with E-state index in [1.807, 2.05) is 47.4 Å². The summed E-state index contributed by atoms with van der Waals surface area (Å²) in [5.41, 5.74) is 2.39. The summed E-state index contributed by atoms with van der Waals surface area (Å²) in [6.07, 6.45) is 2.49. The summed E-state index contributed by atoms with van der Waals surface area (Å²) in [6.45, 7) is 2.21. The van der Waals surface area contributed by atoms with Crippen LogP contribution < -0.4 is 5.32 Å². The first kappa shape index (κ1) is 18.1. The van der Waals surface area contributed by atoms with Crippen LogP contribution >= 0.6 is 0 Å². The molecule has 2 aromatic carbocycles. The molecule has 1 heterocycles. The topological polar surface area (TPSA) is 69.6 Å². The summed E-state index contributed by atoms with van der Waals surface area (Å²) in [5.74, 6) is -0.738. The molecule has 2 aromatic rings. The number of likely N-dealkylation sites (tertiary alicyclic amines) is 1. The average molecular weight is 352 g/mol. The van der Waals surface area contributed by atoms with Gasteiger partial charge in [-0.3, -0.25) is 4.79 Å². The molecule has 0 spiro atoms. The minimum atomic E-state index is -0.913. The number of carbonyl (C=O) groups is 2. The second kappa shape index (κ2) is 8.63. The Morgan fingerprint density at radius 2 is 1.77 bits per heavy atom. The molecular weight excluding hydrogens is 328 g/mol. The van der Waals surface area contributed by atoms with Crippen LogP contribution in [0.5, 0.6) is 0 Å². The molecule has 136 valence electrons. The van der Waals surface area contributed by atoms with Crippen LogP contribution in [0.15, 0.2) is 54.6 Å². The first-order chi connectivity index (χ1) is 12.6. The van der Waals surface area contributed by atoms with Crippen LogP contribution in [-0.2, 0) is 17.8 Å². The van der Waals surface area contributed by atoms with E-state index < -0.39 is 5.97 Å². The molecule has 3 rings (SSSR count). The number of hydrogen-bond donors (Lipinski definition) is 2. The van der Waals surface area contributed by atoms with Crippen LogP contribution in [0.4, 0.5) is 0 Å². The van der Waals surface area contributed by atoms with E-state index in [0.29, 0.717) is 18.5 Å². The monoisotopic (exact) mass is 352 g/mol. The average Bonchev–Trinajstić information content (AvgIpc) is 2.67. The number of nitrogens with one attached hydrogen (secondary N) is 1. The lowest BCUT2D eigenvalue weighted by molar-refractivity contribution is -0.131. The van der Waals surface area contributed by atoms with Crippen molar-refractivity contribution in [2.24, 2.45) is 0 Å². The van der Waals surface area contributed by atoms with Gasteiger partial charge in [-0.2, -0.15) is 0 Å². The maximum absolute atomic E-state index is 12.5. The lowest BCUT2D eigenvalue weighted by atomic mass is 10.0. The van der Waals surface area contributed by atoms with E-state index in [2.05, 4.69) is 5.32 Å². The standard InChI is InChI=1S/C21H24N2O3/c24-20(13-16-5-2-1-3-6-16)23-12-4-7-19(15-23)22-14-17-8-10-18(11-9-17)21(25)26/h1-3,5-6,8-11,19,22H,4,7,12-15H2,(H,25,26).